The Bertz CT molecular complexity index is 907. The SMILES string of the molecule is CC[C@@H](C)c1ccc([C@@H](NCC(=O)Nc2ccc(S(N)(=O)=O)cc2)C(C)C)cc1. The van der Waals surface area contributed by atoms with Gasteiger partial charge in [-0.15, -0.1) is 0 Å². The van der Waals surface area contributed by atoms with Gasteiger partial charge in [0.05, 0.1) is 11.4 Å². The third kappa shape index (κ3) is 6.66. The molecule has 0 aromatic heterocycles. The number of hydrogen-bond acceptors (Lipinski definition) is 4. The number of rotatable bonds is 9. The first kappa shape index (κ1) is 23.1. The van der Waals surface area contributed by atoms with E-state index in [1.165, 1.54) is 29.8 Å². The number of nitrogens with one attached hydrogen (secondary N) is 2. The summed E-state index contributed by atoms with van der Waals surface area (Å²) in [4.78, 5) is 12.3. The van der Waals surface area contributed by atoms with E-state index in [1.54, 1.807) is 0 Å². The fraction of sp³-hybridized carbons (Fsp3) is 0.409. The Morgan fingerprint density at radius 1 is 0.966 bits per heavy atom. The lowest BCUT2D eigenvalue weighted by Gasteiger charge is -2.23. The fourth-order valence-corrected chi connectivity index (χ4v) is 3.66. The fourth-order valence-electron chi connectivity index (χ4n) is 3.14. The third-order valence-corrected chi connectivity index (χ3v) is 6.02. The van der Waals surface area contributed by atoms with Gasteiger partial charge in [0, 0.05) is 11.7 Å². The molecule has 0 saturated carbocycles. The summed E-state index contributed by atoms with van der Waals surface area (Å²) in [7, 11) is -3.75. The number of carbonyl (C=O) groups excluding carboxylic acids is 1. The number of carbonyl (C=O) groups is 1. The molecule has 2 rings (SSSR count). The average Bonchev–Trinajstić information content (AvgIpc) is 2.67. The highest BCUT2D eigenvalue weighted by Crippen LogP contribution is 2.25. The van der Waals surface area contributed by atoms with Gasteiger partial charge in [0.15, 0.2) is 0 Å². The predicted molar refractivity (Wildman–Crippen MR) is 117 cm³/mol. The quantitative estimate of drug-likeness (QED) is 0.578. The Kier molecular flexibility index (Phi) is 7.96. The Morgan fingerprint density at radius 2 is 1.52 bits per heavy atom. The number of amides is 1. The van der Waals surface area contributed by atoms with Gasteiger partial charge in [0.1, 0.15) is 0 Å². The van der Waals surface area contributed by atoms with Crippen molar-refractivity contribution in [3.63, 3.8) is 0 Å². The van der Waals surface area contributed by atoms with Crippen LogP contribution >= 0.6 is 0 Å². The van der Waals surface area contributed by atoms with Gasteiger partial charge in [0.25, 0.3) is 0 Å². The maximum absolute atomic E-state index is 12.3. The molecule has 0 aliphatic rings. The Hall–Kier alpha value is -2.22. The van der Waals surface area contributed by atoms with Crippen LogP contribution in [0.25, 0.3) is 0 Å². The predicted octanol–water partition coefficient (Wildman–Crippen LogP) is 3.77. The average molecular weight is 418 g/mol. The molecule has 0 aliphatic carbocycles. The number of hydrogen-bond donors (Lipinski definition) is 3. The Labute approximate surface area is 173 Å². The largest absolute Gasteiger partial charge is 0.325 e. The monoisotopic (exact) mass is 417 g/mol. The van der Waals surface area contributed by atoms with E-state index >= 15 is 0 Å². The molecule has 29 heavy (non-hydrogen) atoms. The van der Waals surface area contributed by atoms with E-state index in [-0.39, 0.29) is 23.4 Å². The molecule has 7 heteroatoms. The summed E-state index contributed by atoms with van der Waals surface area (Å²) in [5, 5.41) is 11.2. The highest BCUT2D eigenvalue weighted by atomic mass is 32.2. The summed E-state index contributed by atoms with van der Waals surface area (Å²) >= 11 is 0. The highest BCUT2D eigenvalue weighted by Gasteiger charge is 2.17. The molecule has 0 fully saturated rings. The van der Waals surface area contributed by atoms with Crippen molar-refractivity contribution in [2.45, 2.75) is 51.0 Å². The van der Waals surface area contributed by atoms with Crippen LogP contribution < -0.4 is 15.8 Å². The third-order valence-electron chi connectivity index (χ3n) is 5.09. The first-order valence-corrected chi connectivity index (χ1v) is 11.4. The Balaban J connectivity index is 1.98. The molecule has 1 amide bonds. The summed E-state index contributed by atoms with van der Waals surface area (Å²) in [5.41, 5.74) is 2.99. The van der Waals surface area contributed by atoms with Crippen molar-refractivity contribution in [3.8, 4) is 0 Å². The van der Waals surface area contributed by atoms with Gasteiger partial charge in [-0.1, -0.05) is 52.0 Å². The second kappa shape index (κ2) is 10.0. The molecule has 0 bridgehead atoms. The van der Waals surface area contributed by atoms with Crippen LogP contribution in [0.5, 0.6) is 0 Å². The van der Waals surface area contributed by atoms with Gasteiger partial charge in [-0.2, -0.15) is 0 Å². The number of primary sulfonamides is 1. The molecule has 0 heterocycles. The molecule has 2 atom stereocenters. The smallest absolute Gasteiger partial charge is 0.238 e. The van der Waals surface area contributed by atoms with Crippen molar-refractivity contribution in [2.24, 2.45) is 11.1 Å². The van der Waals surface area contributed by atoms with Gasteiger partial charge in [-0.05, 0) is 53.6 Å². The van der Waals surface area contributed by atoms with E-state index in [4.69, 9.17) is 5.14 Å². The van der Waals surface area contributed by atoms with E-state index in [1.807, 2.05) is 0 Å². The summed E-state index contributed by atoms with van der Waals surface area (Å²) in [6, 6.07) is 14.4. The standard InChI is InChI=1S/C22H31N3O3S/c1-5-16(4)17-6-8-18(9-7-17)22(15(2)3)24-14-21(26)25-19-10-12-20(13-11-19)29(23,27)28/h6-13,15-16,22,24H,5,14H2,1-4H3,(H,25,26)(H2,23,27,28)/t16-,22+/m1/s1. The zero-order chi connectivity index (χ0) is 21.6. The van der Waals surface area contributed by atoms with Crippen molar-refractivity contribution in [1.82, 2.24) is 5.32 Å². The maximum Gasteiger partial charge on any atom is 0.238 e. The van der Waals surface area contributed by atoms with Gasteiger partial charge in [0.2, 0.25) is 15.9 Å². The normalized spacial score (nSPS) is 13.9. The summed E-state index contributed by atoms with van der Waals surface area (Å²) in [6.07, 6.45) is 1.10. The first-order valence-electron chi connectivity index (χ1n) is 9.87. The van der Waals surface area contributed by atoms with E-state index in [2.05, 4.69) is 62.6 Å². The maximum atomic E-state index is 12.3. The zero-order valence-electron chi connectivity index (χ0n) is 17.5. The van der Waals surface area contributed by atoms with Crippen LogP contribution in [0.1, 0.15) is 57.2 Å². The van der Waals surface area contributed by atoms with Gasteiger partial charge in [-0.3, -0.25) is 4.79 Å². The second-order valence-electron chi connectivity index (χ2n) is 7.70. The molecule has 0 spiro atoms. The molecular formula is C22H31N3O3S. The van der Waals surface area contributed by atoms with Crippen LogP contribution in [-0.4, -0.2) is 20.9 Å². The van der Waals surface area contributed by atoms with Gasteiger partial charge in [-0.25, -0.2) is 13.6 Å². The molecule has 0 aliphatic heterocycles. The van der Waals surface area contributed by atoms with E-state index in [0.29, 0.717) is 17.5 Å². The summed E-state index contributed by atoms with van der Waals surface area (Å²) in [5.74, 6) is 0.641. The number of sulfonamides is 1. The number of nitrogens with two attached hydrogens (primary N) is 1. The van der Waals surface area contributed by atoms with E-state index < -0.39 is 10.0 Å². The summed E-state index contributed by atoms with van der Waals surface area (Å²) < 4.78 is 22.6. The lowest BCUT2D eigenvalue weighted by atomic mass is 9.92. The van der Waals surface area contributed by atoms with E-state index in [9.17, 15) is 13.2 Å². The van der Waals surface area contributed by atoms with Crippen molar-refractivity contribution in [1.29, 1.82) is 0 Å². The number of benzene rings is 2. The minimum Gasteiger partial charge on any atom is -0.325 e. The highest BCUT2D eigenvalue weighted by molar-refractivity contribution is 7.89. The van der Waals surface area contributed by atoms with Crippen LogP contribution in [0, 0.1) is 5.92 Å². The van der Waals surface area contributed by atoms with Crippen LogP contribution in [0.4, 0.5) is 5.69 Å². The molecule has 0 radical (unpaired) electrons. The summed E-state index contributed by atoms with van der Waals surface area (Å²) in [6.45, 7) is 8.77. The molecular weight excluding hydrogens is 386 g/mol. The van der Waals surface area contributed by atoms with Crippen LogP contribution in [-0.2, 0) is 14.8 Å². The van der Waals surface area contributed by atoms with Gasteiger partial charge < -0.3 is 10.6 Å². The molecule has 2 aromatic rings. The molecule has 6 nitrogen and oxygen atoms in total. The zero-order valence-corrected chi connectivity index (χ0v) is 18.3. The Morgan fingerprint density at radius 3 is 2.00 bits per heavy atom. The topological polar surface area (TPSA) is 101 Å². The molecule has 2 aromatic carbocycles. The first-order chi connectivity index (χ1) is 13.6. The van der Waals surface area contributed by atoms with Crippen LogP contribution in [0.2, 0.25) is 0 Å². The van der Waals surface area contributed by atoms with Crippen LogP contribution in [0.15, 0.2) is 53.4 Å². The van der Waals surface area contributed by atoms with Gasteiger partial charge >= 0.3 is 0 Å². The second-order valence-corrected chi connectivity index (χ2v) is 9.26. The lowest BCUT2D eigenvalue weighted by Crippen LogP contribution is -2.33. The van der Waals surface area contributed by atoms with Crippen molar-refractivity contribution in [3.05, 3.63) is 59.7 Å². The minimum absolute atomic E-state index is 0.00864. The lowest BCUT2D eigenvalue weighted by molar-refractivity contribution is -0.115. The van der Waals surface area contributed by atoms with E-state index in [0.717, 1.165) is 12.0 Å². The molecule has 4 N–H and O–H groups in total. The molecule has 0 saturated heterocycles. The minimum atomic E-state index is -3.75. The van der Waals surface area contributed by atoms with Crippen molar-refractivity contribution < 1.29 is 13.2 Å². The van der Waals surface area contributed by atoms with Crippen molar-refractivity contribution >= 4 is 21.6 Å². The molecule has 0 unspecified atom stereocenters. The van der Waals surface area contributed by atoms with Crippen molar-refractivity contribution in [2.75, 3.05) is 11.9 Å². The van der Waals surface area contributed by atoms with Crippen LogP contribution in [0.3, 0.4) is 0 Å². The number of anilines is 1. The molecule has 158 valence electrons.